The Bertz CT molecular complexity index is 559. The molecule has 2 aromatic rings. The third kappa shape index (κ3) is 3.50. The molecule has 0 amide bonds. The lowest BCUT2D eigenvalue weighted by Crippen LogP contribution is -2.33. The molecule has 0 aromatic heterocycles. The van der Waals surface area contributed by atoms with Crippen LogP contribution in [0.1, 0.15) is 16.7 Å². The van der Waals surface area contributed by atoms with E-state index in [-0.39, 0.29) is 11.2 Å². The zero-order valence-electron chi connectivity index (χ0n) is 11.4. The van der Waals surface area contributed by atoms with E-state index < -0.39 is 0 Å². The second-order valence-corrected chi connectivity index (χ2v) is 6.34. The molecule has 0 spiro atoms. The summed E-state index contributed by atoms with van der Waals surface area (Å²) < 4.78 is 13.0. The molecule has 0 unspecified atom stereocenters. The van der Waals surface area contributed by atoms with E-state index in [4.69, 9.17) is 0 Å². The first-order valence-corrected chi connectivity index (χ1v) is 8.77. The van der Waals surface area contributed by atoms with E-state index in [0.717, 1.165) is 22.6 Å². The van der Waals surface area contributed by atoms with Gasteiger partial charge in [0, 0.05) is 16.1 Å². The molecule has 0 fully saturated rings. The molecule has 20 heavy (non-hydrogen) atoms. The smallest absolute Gasteiger partial charge is 0.123 e. The zero-order chi connectivity index (χ0) is 14.6. The first-order valence-electron chi connectivity index (χ1n) is 6.53. The molecular weight excluding hydrogens is 383 g/mol. The summed E-state index contributed by atoms with van der Waals surface area (Å²) in [5.41, 5.74) is 3.68. The van der Waals surface area contributed by atoms with Crippen LogP contribution >= 0.6 is 31.9 Å². The molecule has 0 atom stereocenters. The summed E-state index contributed by atoms with van der Waals surface area (Å²) in [6.07, 6.45) is 0.868. The molecule has 0 nitrogen and oxygen atoms in total. The summed E-state index contributed by atoms with van der Waals surface area (Å²) in [4.78, 5) is 0. The summed E-state index contributed by atoms with van der Waals surface area (Å²) in [7, 11) is 0. The fourth-order valence-corrected chi connectivity index (χ4v) is 4.33. The van der Waals surface area contributed by atoms with E-state index >= 15 is 0 Å². The molecule has 0 aliphatic heterocycles. The van der Waals surface area contributed by atoms with Crippen molar-refractivity contribution in [1.82, 2.24) is 0 Å². The molecule has 0 aliphatic rings. The van der Waals surface area contributed by atoms with Crippen LogP contribution in [0.5, 0.6) is 0 Å². The number of benzene rings is 2. The van der Waals surface area contributed by atoms with Gasteiger partial charge in [0.15, 0.2) is 0 Å². The maximum Gasteiger partial charge on any atom is 0.123 e. The van der Waals surface area contributed by atoms with E-state index in [2.05, 4.69) is 63.0 Å². The van der Waals surface area contributed by atoms with E-state index in [9.17, 15) is 4.39 Å². The lowest BCUT2D eigenvalue weighted by molar-refractivity contribution is 0.549. The van der Waals surface area contributed by atoms with Crippen LogP contribution in [0.15, 0.2) is 48.5 Å². The average molecular weight is 400 g/mol. The molecule has 3 heteroatoms. The van der Waals surface area contributed by atoms with Crippen molar-refractivity contribution in [1.29, 1.82) is 0 Å². The molecule has 106 valence electrons. The van der Waals surface area contributed by atoms with Crippen LogP contribution in [0.2, 0.25) is 0 Å². The van der Waals surface area contributed by atoms with Crippen LogP contribution in [0.25, 0.3) is 0 Å². The Morgan fingerprint density at radius 2 is 1.65 bits per heavy atom. The van der Waals surface area contributed by atoms with Crippen LogP contribution in [0.4, 0.5) is 4.39 Å². The summed E-state index contributed by atoms with van der Waals surface area (Å²) in [5, 5.41) is 1.71. The fraction of sp³-hybridized carbons (Fsp3) is 0.294. The summed E-state index contributed by atoms with van der Waals surface area (Å²) >= 11 is 7.32. The highest BCUT2D eigenvalue weighted by molar-refractivity contribution is 9.09. The maximum atomic E-state index is 13.0. The standard InChI is InChI=1S/C17H17Br2F/c1-13-3-2-4-15(9-13)17(11-18,12-19)10-14-5-7-16(20)8-6-14/h2-9H,10-12H2,1H3. The van der Waals surface area contributed by atoms with Crippen molar-refractivity contribution in [2.45, 2.75) is 18.8 Å². The van der Waals surface area contributed by atoms with Crippen LogP contribution in [0, 0.1) is 12.7 Å². The van der Waals surface area contributed by atoms with Crippen molar-refractivity contribution >= 4 is 31.9 Å². The van der Waals surface area contributed by atoms with Crippen LogP contribution in [-0.2, 0) is 11.8 Å². The lowest BCUT2D eigenvalue weighted by atomic mass is 9.78. The predicted molar refractivity (Wildman–Crippen MR) is 90.5 cm³/mol. The minimum atomic E-state index is -0.187. The lowest BCUT2D eigenvalue weighted by Gasteiger charge is -2.31. The van der Waals surface area contributed by atoms with Gasteiger partial charge in [-0.15, -0.1) is 0 Å². The summed E-state index contributed by atoms with van der Waals surface area (Å²) in [6.45, 7) is 2.11. The molecule has 2 rings (SSSR count). The number of alkyl halides is 2. The monoisotopic (exact) mass is 398 g/mol. The molecule has 0 bridgehead atoms. The van der Waals surface area contributed by atoms with Gasteiger partial charge in [0.05, 0.1) is 0 Å². The Kier molecular flexibility index (Phi) is 5.39. The topological polar surface area (TPSA) is 0 Å². The van der Waals surface area contributed by atoms with Gasteiger partial charge in [-0.1, -0.05) is 73.8 Å². The second-order valence-electron chi connectivity index (χ2n) is 5.22. The highest BCUT2D eigenvalue weighted by Crippen LogP contribution is 2.33. The van der Waals surface area contributed by atoms with Gasteiger partial charge in [0.2, 0.25) is 0 Å². The van der Waals surface area contributed by atoms with Crippen LogP contribution in [0.3, 0.4) is 0 Å². The van der Waals surface area contributed by atoms with Crippen LogP contribution < -0.4 is 0 Å². The van der Waals surface area contributed by atoms with Crippen LogP contribution in [-0.4, -0.2) is 10.7 Å². The van der Waals surface area contributed by atoms with E-state index in [1.54, 1.807) is 0 Å². The van der Waals surface area contributed by atoms with Gasteiger partial charge < -0.3 is 0 Å². The molecule has 0 radical (unpaired) electrons. The van der Waals surface area contributed by atoms with Crippen molar-refractivity contribution in [2.24, 2.45) is 0 Å². The number of rotatable bonds is 5. The Morgan fingerprint density at radius 1 is 1.00 bits per heavy atom. The Hall–Kier alpha value is -0.670. The second kappa shape index (κ2) is 6.86. The average Bonchev–Trinajstić information content (AvgIpc) is 2.47. The Balaban J connectivity index is 2.36. The third-order valence-electron chi connectivity index (χ3n) is 3.60. The van der Waals surface area contributed by atoms with E-state index in [1.165, 1.54) is 23.3 Å². The van der Waals surface area contributed by atoms with E-state index in [0.29, 0.717) is 0 Å². The summed E-state index contributed by atoms with van der Waals surface area (Å²) in [5.74, 6) is -0.187. The van der Waals surface area contributed by atoms with Crippen molar-refractivity contribution in [3.63, 3.8) is 0 Å². The third-order valence-corrected chi connectivity index (χ3v) is 5.74. The molecule has 0 aliphatic carbocycles. The minimum Gasteiger partial charge on any atom is -0.207 e. The predicted octanol–water partition coefficient (Wildman–Crippen LogP) is 5.40. The van der Waals surface area contributed by atoms with E-state index in [1.807, 2.05) is 12.1 Å². The molecular formula is C17H17Br2F. The van der Waals surface area contributed by atoms with Gasteiger partial charge in [0.25, 0.3) is 0 Å². The molecule has 0 N–H and O–H groups in total. The zero-order valence-corrected chi connectivity index (χ0v) is 14.5. The van der Waals surface area contributed by atoms with Crippen molar-refractivity contribution < 1.29 is 4.39 Å². The van der Waals surface area contributed by atoms with Gasteiger partial charge in [-0.05, 0) is 36.6 Å². The first kappa shape index (κ1) is 15.7. The van der Waals surface area contributed by atoms with Gasteiger partial charge in [0.1, 0.15) is 5.82 Å². The van der Waals surface area contributed by atoms with Gasteiger partial charge >= 0.3 is 0 Å². The van der Waals surface area contributed by atoms with Crippen molar-refractivity contribution in [2.75, 3.05) is 10.7 Å². The number of hydrogen-bond donors (Lipinski definition) is 0. The number of halogens is 3. The molecule has 0 heterocycles. The normalized spacial score (nSPS) is 11.6. The number of aryl methyl sites for hydroxylation is 1. The molecule has 2 aromatic carbocycles. The maximum absolute atomic E-state index is 13.0. The first-order chi connectivity index (χ1) is 9.59. The molecule has 0 saturated heterocycles. The van der Waals surface area contributed by atoms with Crippen molar-refractivity contribution in [3.8, 4) is 0 Å². The summed E-state index contributed by atoms with van der Waals surface area (Å²) in [6, 6.07) is 15.4. The molecule has 0 saturated carbocycles. The number of hydrogen-bond acceptors (Lipinski definition) is 0. The largest absolute Gasteiger partial charge is 0.207 e. The van der Waals surface area contributed by atoms with Gasteiger partial charge in [-0.2, -0.15) is 0 Å². The Labute approximate surface area is 136 Å². The van der Waals surface area contributed by atoms with Gasteiger partial charge in [-0.3, -0.25) is 0 Å². The highest BCUT2D eigenvalue weighted by Gasteiger charge is 2.30. The quantitative estimate of drug-likeness (QED) is 0.590. The van der Waals surface area contributed by atoms with Gasteiger partial charge in [-0.25, -0.2) is 4.39 Å². The highest BCUT2D eigenvalue weighted by atomic mass is 79.9. The Morgan fingerprint density at radius 3 is 2.20 bits per heavy atom. The SMILES string of the molecule is Cc1cccc(C(CBr)(CBr)Cc2ccc(F)cc2)c1. The minimum absolute atomic E-state index is 0.0240. The fourth-order valence-electron chi connectivity index (χ4n) is 2.35. The van der Waals surface area contributed by atoms with Crippen molar-refractivity contribution in [3.05, 3.63) is 71.0 Å².